The van der Waals surface area contributed by atoms with Crippen molar-refractivity contribution < 1.29 is 9.47 Å². The number of hydrogen-bond acceptors (Lipinski definition) is 4. The van der Waals surface area contributed by atoms with Crippen molar-refractivity contribution in [3.63, 3.8) is 0 Å². The Kier molecular flexibility index (Phi) is 8.01. The molecule has 0 aliphatic heterocycles. The number of allylic oxidation sites excluding steroid dienone is 4. The van der Waals surface area contributed by atoms with Crippen LogP contribution in [0.25, 0.3) is 0 Å². The van der Waals surface area contributed by atoms with Crippen molar-refractivity contribution in [1.29, 1.82) is 0 Å². The van der Waals surface area contributed by atoms with Gasteiger partial charge in [-0.1, -0.05) is 93.2 Å². The van der Waals surface area contributed by atoms with Gasteiger partial charge in [-0.3, -0.25) is 0 Å². The fourth-order valence-corrected chi connectivity index (χ4v) is 9.56. The predicted octanol–water partition coefficient (Wildman–Crippen LogP) is 11.0. The Morgan fingerprint density at radius 2 is 0.935 bits per heavy atom. The third kappa shape index (κ3) is 5.01. The molecule has 0 bridgehead atoms. The molecule has 0 N–H and O–H groups in total. The fraction of sp³-hybridized carbons (Fsp3) is 0.571. The lowest BCUT2D eigenvalue weighted by molar-refractivity contribution is 0.257. The standard InChI is InChI=1S/C42H56N2O2/c1-25(2)27-19-29-31(21-35(27)45-11)41(9)17-13-15-39(5,6)37(41)23-33(29)43-44-34-24-38-40(7,8)16-14-18-42(38,10)32-22-36(46-12)28(26(3)4)20-30(32)34/h19-26H,13-18H2,1-12H3/t41-,42-/m1/s1. The molecule has 46 heavy (non-hydrogen) atoms. The zero-order valence-electron chi connectivity index (χ0n) is 30.6. The molecule has 246 valence electrons. The van der Waals surface area contributed by atoms with Crippen LogP contribution in [-0.4, -0.2) is 25.6 Å². The summed E-state index contributed by atoms with van der Waals surface area (Å²) in [4.78, 5) is 0. The summed E-state index contributed by atoms with van der Waals surface area (Å²) in [5, 5.41) is 10.5. The number of fused-ring (bicyclic) bond motifs is 6. The molecule has 2 aromatic rings. The van der Waals surface area contributed by atoms with Crippen molar-refractivity contribution in [3.05, 3.63) is 80.9 Å². The van der Waals surface area contributed by atoms with Crippen LogP contribution in [0.15, 0.2) is 57.8 Å². The Labute approximate surface area is 278 Å². The molecule has 6 rings (SSSR count). The summed E-state index contributed by atoms with van der Waals surface area (Å²) >= 11 is 0. The van der Waals surface area contributed by atoms with Gasteiger partial charge in [0, 0.05) is 22.0 Å². The van der Waals surface area contributed by atoms with Crippen LogP contribution in [0.2, 0.25) is 0 Å². The topological polar surface area (TPSA) is 43.2 Å². The summed E-state index contributed by atoms with van der Waals surface area (Å²) in [5.74, 6) is 2.62. The first-order valence-corrected chi connectivity index (χ1v) is 17.6. The molecule has 0 amide bonds. The van der Waals surface area contributed by atoms with Crippen molar-refractivity contribution in [2.24, 2.45) is 21.0 Å². The van der Waals surface area contributed by atoms with Crippen molar-refractivity contribution in [3.8, 4) is 11.5 Å². The van der Waals surface area contributed by atoms with Gasteiger partial charge in [-0.2, -0.15) is 0 Å². The Bertz CT molecular complexity index is 1570. The largest absolute Gasteiger partial charge is 0.496 e. The molecule has 4 aliphatic rings. The minimum absolute atomic E-state index is 0.0535. The molecular formula is C42H56N2O2. The summed E-state index contributed by atoms with van der Waals surface area (Å²) in [6.07, 6.45) is 11.8. The van der Waals surface area contributed by atoms with Crippen LogP contribution in [-0.2, 0) is 10.8 Å². The zero-order valence-corrected chi connectivity index (χ0v) is 30.6. The molecular weight excluding hydrogens is 564 g/mol. The average molecular weight is 621 g/mol. The second kappa shape index (κ2) is 11.2. The molecule has 0 aromatic heterocycles. The number of ether oxygens (including phenoxy) is 2. The molecule has 0 unspecified atom stereocenters. The van der Waals surface area contributed by atoms with Crippen LogP contribution in [0.1, 0.15) is 153 Å². The summed E-state index contributed by atoms with van der Waals surface area (Å²) in [7, 11) is 3.60. The zero-order chi connectivity index (χ0) is 33.4. The molecule has 4 heteroatoms. The number of hydrogen-bond donors (Lipinski definition) is 0. The molecule has 0 spiro atoms. The van der Waals surface area contributed by atoms with Crippen LogP contribution >= 0.6 is 0 Å². The van der Waals surface area contributed by atoms with Gasteiger partial charge in [-0.05, 0) is 107 Å². The SMILES string of the molecule is COc1cc2c(cc1C(C)C)C(=NN=C1C=C3C(C)(C)CCC[C@]3(C)c3cc(OC)c(C(C)C)cc31)C=C1C(C)(C)CCC[C@@]12C. The smallest absolute Gasteiger partial charge is 0.122 e. The molecule has 2 fully saturated rings. The third-order valence-corrected chi connectivity index (χ3v) is 12.2. The predicted molar refractivity (Wildman–Crippen MR) is 193 cm³/mol. The van der Waals surface area contributed by atoms with Gasteiger partial charge in [0.2, 0.25) is 0 Å². The first-order valence-electron chi connectivity index (χ1n) is 17.6. The van der Waals surface area contributed by atoms with Crippen LogP contribution in [0.5, 0.6) is 11.5 Å². The molecule has 0 heterocycles. The van der Waals surface area contributed by atoms with Gasteiger partial charge in [0.15, 0.2) is 0 Å². The quantitative estimate of drug-likeness (QED) is 0.312. The van der Waals surface area contributed by atoms with Gasteiger partial charge in [0.05, 0.1) is 25.6 Å². The molecule has 4 nitrogen and oxygen atoms in total. The normalized spacial score (nSPS) is 27.9. The average Bonchev–Trinajstić information content (AvgIpc) is 2.99. The Morgan fingerprint density at radius 3 is 1.26 bits per heavy atom. The van der Waals surface area contributed by atoms with Crippen molar-refractivity contribution in [2.75, 3.05) is 14.2 Å². The van der Waals surface area contributed by atoms with Gasteiger partial charge in [-0.25, -0.2) is 0 Å². The van der Waals surface area contributed by atoms with Crippen LogP contribution in [0.3, 0.4) is 0 Å². The molecule has 0 saturated heterocycles. The number of methoxy groups -OCH3 is 2. The van der Waals surface area contributed by atoms with E-state index >= 15 is 0 Å². The molecule has 0 radical (unpaired) electrons. The summed E-state index contributed by atoms with van der Waals surface area (Å²) in [5.41, 5.74) is 12.4. The lowest BCUT2D eigenvalue weighted by atomic mass is 9.55. The van der Waals surface area contributed by atoms with Crippen molar-refractivity contribution >= 4 is 11.4 Å². The van der Waals surface area contributed by atoms with E-state index in [2.05, 4.69) is 106 Å². The van der Waals surface area contributed by atoms with E-state index in [9.17, 15) is 0 Å². The van der Waals surface area contributed by atoms with Gasteiger partial charge in [0.1, 0.15) is 11.5 Å². The van der Waals surface area contributed by atoms with E-state index < -0.39 is 0 Å². The fourth-order valence-electron chi connectivity index (χ4n) is 9.56. The van der Waals surface area contributed by atoms with Gasteiger partial charge in [-0.15, -0.1) is 10.2 Å². The van der Waals surface area contributed by atoms with E-state index in [1.807, 2.05) is 0 Å². The highest BCUT2D eigenvalue weighted by Gasteiger charge is 2.48. The van der Waals surface area contributed by atoms with Gasteiger partial charge in [0.25, 0.3) is 0 Å². The van der Waals surface area contributed by atoms with Crippen LogP contribution in [0.4, 0.5) is 0 Å². The van der Waals surface area contributed by atoms with E-state index in [0.29, 0.717) is 11.8 Å². The van der Waals surface area contributed by atoms with E-state index in [1.54, 1.807) is 14.2 Å². The Morgan fingerprint density at radius 1 is 0.565 bits per heavy atom. The summed E-state index contributed by atoms with van der Waals surface area (Å²) < 4.78 is 12.0. The van der Waals surface area contributed by atoms with E-state index in [1.165, 1.54) is 70.2 Å². The maximum absolute atomic E-state index is 6.00. The monoisotopic (exact) mass is 620 g/mol. The van der Waals surface area contributed by atoms with Gasteiger partial charge >= 0.3 is 0 Å². The second-order valence-corrected chi connectivity index (χ2v) is 16.8. The first-order chi connectivity index (χ1) is 21.6. The second-order valence-electron chi connectivity index (χ2n) is 16.8. The number of rotatable bonds is 5. The first kappa shape index (κ1) is 32.8. The molecule has 4 aliphatic carbocycles. The third-order valence-electron chi connectivity index (χ3n) is 12.2. The molecule has 2 atom stereocenters. The molecule has 2 saturated carbocycles. The van der Waals surface area contributed by atoms with E-state index in [0.717, 1.165) is 35.8 Å². The highest BCUT2D eigenvalue weighted by Crippen LogP contribution is 2.57. The van der Waals surface area contributed by atoms with Crippen LogP contribution < -0.4 is 9.47 Å². The Balaban J connectivity index is 1.63. The minimum Gasteiger partial charge on any atom is -0.496 e. The van der Waals surface area contributed by atoms with E-state index in [-0.39, 0.29) is 21.7 Å². The highest BCUT2D eigenvalue weighted by atomic mass is 16.5. The lowest BCUT2D eigenvalue weighted by Crippen LogP contribution is -2.42. The van der Waals surface area contributed by atoms with Crippen molar-refractivity contribution in [2.45, 2.75) is 130 Å². The minimum atomic E-state index is -0.0535. The summed E-state index contributed by atoms with van der Waals surface area (Å²) in [6, 6.07) is 9.32. The number of benzene rings is 2. The lowest BCUT2D eigenvalue weighted by Gasteiger charge is -2.49. The maximum atomic E-state index is 6.00. The Hall–Kier alpha value is -3.14. The molecule has 2 aromatic carbocycles. The van der Waals surface area contributed by atoms with Gasteiger partial charge < -0.3 is 9.47 Å². The summed E-state index contributed by atoms with van der Waals surface area (Å²) in [6.45, 7) is 23.4. The van der Waals surface area contributed by atoms with Crippen molar-refractivity contribution in [1.82, 2.24) is 0 Å². The van der Waals surface area contributed by atoms with Crippen LogP contribution in [0, 0.1) is 10.8 Å². The maximum Gasteiger partial charge on any atom is 0.122 e. The highest BCUT2D eigenvalue weighted by molar-refractivity contribution is 6.15. The number of nitrogens with zero attached hydrogens (tertiary/aromatic N) is 2. The van der Waals surface area contributed by atoms with E-state index in [4.69, 9.17) is 19.7 Å².